The van der Waals surface area contributed by atoms with Gasteiger partial charge in [-0.2, -0.15) is 0 Å². The summed E-state index contributed by atoms with van der Waals surface area (Å²) in [6, 6.07) is 7.47. The maximum atomic E-state index is 12.4. The second-order valence-electron chi connectivity index (χ2n) is 6.62. The van der Waals surface area contributed by atoms with E-state index in [2.05, 4.69) is 22.5 Å². The maximum absolute atomic E-state index is 12.4. The summed E-state index contributed by atoms with van der Waals surface area (Å²) in [6.45, 7) is 4.36. The van der Waals surface area contributed by atoms with Crippen LogP contribution in [0.25, 0.3) is 0 Å². The molecule has 3 rings (SSSR count). The van der Waals surface area contributed by atoms with Gasteiger partial charge in [0.05, 0.1) is 5.69 Å². The van der Waals surface area contributed by atoms with Crippen molar-refractivity contribution in [3.63, 3.8) is 0 Å². The molecule has 0 aliphatic heterocycles. The van der Waals surface area contributed by atoms with Crippen LogP contribution in [0.1, 0.15) is 46.8 Å². The Labute approximate surface area is 151 Å². The van der Waals surface area contributed by atoms with Crippen molar-refractivity contribution in [2.24, 2.45) is 5.92 Å². The van der Waals surface area contributed by atoms with E-state index in [1.807, 2.05) is 24.3 Å². The Balaban J connectivity index is 1.59. The number of fused-ring (bicyclic) bond motifs is 1. The number of carbonyl (C=O) groups is 2. The summed E-state index contributed by atoms with van der Waals surface area (Å²) >= 11 is 1.60. The summed E-state index contributed by atoms with van der Waals surface area (Å²) in [5.74, 6) is 0.533. The number of rotatable bonds is 5. The van der Waals surface area contributed by atoms with Crippen molar-refractivity contribution in [2.75, 3.05) is 11.9 Å². The Morgan fingerprint density at radius 2 is 2.04 bits per heavy atom. The first-order valence-corrected chi connectivity index (χ1v) is 9.46. The van der Waals surface area contributed by atoms with E-state index >= 15 is 0 Å². The largest absolute Gasteiger partial charge is 0.356 e. The van der Waals surface area contributed by atoms with Crippen LogP contribution in [0, 0.1) is 5.92 Å². The predicted molar refractivity (Wildman–Crippen MR) is 100 cm³/mol. The zero-order chi connectivity index (χ0) is 17.8. The van der Waals surface area contributed by atoms with Crippen LogP contribution in [0.5, 0.6) is 0 Å². The molecule has 0 radical (unpaired) electrons. The van der Waals surface area contributed by atoms with Crippen LogP contribution in [-0.2, 0) is 24.1 Å². The van der Waals surface area contributed by atoms with E-state index < -0.39 is 0 Å². The molecule has 2 aromatic rings. The van der Waals surface area contributed by atoms with E-state index in [0.29, 0.717) is 23.2 Å². The number of aromatic nitrogens is 1. The molecule has 1 atom stereocenters. The minimum absolute atomic E-state index is 0.0310. The second-order valence-corrected chi connectivity index (χ2v) is 7.70. The van der Waals surface area contributed by atoms with Crippen LogP contribution in [-0.4, -0.2) is 23.3 Å². The zero-order valence-electron chi connectivity index (χ0n) is 14.6. The molecular formula is C19H23N3O2S. The smallest absolute Gasteiger partial charge is 0.257 e. The van der Waals surface area contributed by atoms with Gasteiger partial charge in [-0.15, -0.1) is 11.3 Å². The summed E-state index contributed by atoms with van der Waals surface area (Å²) in [7, 11) is 0. The van der Waals surface area contributed by atoms with E-state index in [-0.39, 0.29) is 11.8 Å². The average molecular weight is 357 g/mol. The number of hydrogen-bond acceptors (Lipinski definition) is 4. The summed E-state index contributed by atoms with van der Waals surface area (Å²) in [5.41, 5.74) is 2.85. The molecule has 2 amide bonds. The Morgan fingerprint density at radius 3 is 2.76 bits per heavy atom. The highest BCUT2D eigenvalue weighted by atomic mass is 32.1. The maximum Gasteiger partial charge on any atom is 0.257 e. The van der Waals surface area contributed by atoms with Crippen LogP contribution < -0.4 is 10.6 Å². The Morgan fingerprint density at radius 1 is 1.28 bits per heavy atom. The van der Waals surface area contributed by atoms with Gasteiger partial charge in [0.1, 0.15) is 0 Å². The molecular weight excluding hydrogens is 334 g/mol. The number of hydrogen-bond donors (Lipinski definition) is 2. The van der Waals surface area contributed by atoms with Crippen molar-refractivity contribution < 1.29 is 9.59 Å². The fourth-order valence-electron chi connectivity index (χ4n) is 2.97. The van der Waals surface area contributed by atoms with E-state index in [1.54, 1.807) is 11.3 Å². The summed E-state index contributed by atoms with van der Waals surface area (Å²) in [5, 5.41) is 6.38. The number of amides is 2. The van der Waals surface area contributed by atoms with Gasteiger partial charge in [-0.25, -0.2) is 4.98 Å². The second kappa shape index (κ2) is 7.78. The fourth-order valence-corrected chi connectivity index (χ4v) is 4.13. The molecule has 0 saturated heterocycles. The highest BCUT2D eigenvalue weighted by Crippen LogP contribution is 2.32. The van der Waals surface area contributed by atoms with Crippen LogP contribution in [0.4, 0.5) is 5.13 Å². The molecule has 0 spiro atoms. The van der Waals surface area contributed by atoms with Gasteiger partial charge >= 0.3 is 0 Å². The lowest BCUT2D eigenvalue weighted by atomic mass is 9.93. The van der Waals surface area contributed by atoms with E-state index in [0.717, 1.165) is 30.5 Å². The molecule has 1 aliphatic rings. The van der Waals surface area contributed by atoms with Gasteiger partial charge in [0.15, 0.2) is 5.13 Å². The third-order valence-corrected chi connectivity index (χ3v) is 5.45. The standard InChI is InChI=1S/C19H23N3O2S/c1-12-3-8-16-17(11-12)25-19(21-16)22-18(24)15-6-4-14(5-7-15)9-10-20-13(2)23/h4-7,12H,3,8-11H2,1-2H3,(H,20,23)(H,21,22,24). The lowest BCUT2D eigenvalue weighted by Crippen LogP contribution is -2.22. The Hall–Kier alpha value is -2.21. The molecule has 1 aromatic carbocycles. The van der Waals surface area contributed by atoms with Crippen molar-refractivity contribution in [3.8, 4) is 0 Å². The SMILES string of the molecule is CC(=O)NCCc1ccc(C(=O)Nc2nc3c(s2)CC(C)CC3)cc1. The van der Waals surface area contributed by atoms with Gasteiger partial charge in [-0.05, 0) is 49.3 Å². The van der Waals surface area contributed by atoms with Crippen LogP contribution >= 0.6 is 11.3 Å². The first kappa shape index (κ1) is 17.6. The number of thiazole rings is 1. The van der Waals surface area contributed by atoms with Gasteiger partial charge in [0, 0.05) is 23.9 Å². The van der Waals surface area contributed by atoms with Gasteiger partial charge in [-0.3, -0.25) is 14.9 Å². The molecule has 6 heteroatoms. The zero-order valence-corrected chi connectivity index (χ0v) is 15.4. The molecule has 1 aromatic heterocycles. The monoisotopic (exact) mass is 357 g/mol. The van der Waals surface area contributed by atoms with E-state index in [9.17, 15) is 9.59 Å². The molecule has 5 nitrogen and oxygen atoms in total. The van der Waals surface area contributed by atoms with Crippen molar-refractivity contribution in [1.82, 2.24) is 10.3 Å². The molecule has 25 heavy (non-hydrogen) atoms. The van der Waals surface area contributed by atoms with Crippen LogP contribution in [0.3, 0.4) is 0 Å². The lowest BCUT2D eigenvalue weighted by Gasteiger charge is -2.15. The molecule has 1 unspecified atom stereocenters. The highest BCUT2D eigenvalue weighted by molar-refractivity contribution is 7.15. The van der Waals surface area contributed by atoms with Gasteiger partial charge in [-0.1, -0.05) is 19.1 Å². The van der Waals surface area contributed by atoms with Gasteiger partial charge in [0.2, 0.25) is 5.91 Å². The van der Waals surface area contributed by atoms with Crippen LogP contribution in [0.15, 0.2) is 24.3 Å². The predicted octanol–water partition coefficient (Wildman–Crippen LogP) is 3.20. The van der Waals surface area contributed by atoms with Crippen molar-refractivity contribution in [3.05, 3.63) is 46.0 Å². The van der Waals surface area contributed by atoms with E-state index in [4.69, 9.17) is 0 Å². The van der Waals surface area contributed by atoms with E-state index in [1.165, 1.54) is 18.2 Å². The Kier molecular flexibility index (Phi) is 5.48. The third-order valence-electron chi connectivity index (χ3n) is 4.41. The number of benzene rings is 1. The minimum Gasteiger partial charge on any atom is -0.356 e. The number of nitrogens with zero attached hydrogens (tertiary/aromatic N) is 1. The quantitative estimate of drug-likeness (QED) is 0.863. The van der Waals surface area contributed by atoms with Crippen LogP contribution in [0.2, 0.25) is 0 Å². The molecule has 132 valence electrons. The molecule has 0 saturated carbocycles. The number of carbonyl (C=O) groups excluding carboxylic acids is 2. The van der Waals surface area contributed by atoms with Gasteiger partial charge < -0.3 is 5.32 Å². The van der Waals surface area contributed by atoms with Crippen molar-refractivity contribution in [2.45, 2.75) is 39.5 Å². The first-order valence-electron chi connectivity index (χ1n) is 8.64. The van der Waals surface area contributed by atoms with Crippen molar-refractivity contribution in [1.29, 1.82) is 0 Å². The molecule has 2 N–H and O–H groups in total. The number of aryl methyl sites for hydroxylation is 1. The Bertz CT molecular complexity index is 767. The summed E-state index contributed by atoms with van der Waals surface area (Å²) in [6.07, 6.45) is 3.99. The topological polar surface area (TPSA) is 71.1 Å². The normalized spacial score (nSPS) is 16.2. The molecule has 0 bridgehead atoms. The summed E-state index contributed by atoms with van der Waals surface area (Å²) < 4.78 is 0. The number of anilines is 1. The first-order chi connectivity index (χ1) is 12.0. The lowest BCUT2D eigenvalue weighted by molar-refractivity contribution is -0.118. The number of nitrogens with one attached hydrogen (secondary N) is 2. The molecule has 1 aliphatic carbocycles. The average Bonchev–Trinajstić information content (AvgIpc) is 2.96. The highest BCUT2D eigenvalue weighted by Gasteiger charge is 2.20. The van der Waals surface area contributed by atoms with Gasteiger partial charge in [0.25, 0.3) is 5.91 Å². The molecule has 0 fully saturated rings. The minimum atomic E-state index is -0.132. The summed E-state index contributed by atoms with van der Waals surface area (Å²) in [4.78, 5) is 29.2. The fraction of sp³-hybridized carbons (Fsp3) is 0.421. The molecule has 1 heterocycles. The third kappa shape index (κ3) is 4.66. The van der Waals surface area contributed by atoms with Crippen molar-refractivity contribution >= 4 is 28.3 Å².